The third-order valence-electron chi connectivity index (χ3n) is 9.63. The van der Waals surface area contributed by atoms with Crippen molar-refractivity contribution >= 4 is 37.4 Å². The Labute approximate surface area is 234 Å². The Morgan fingerprint density at radius 3 is 2.67 bits per heavy atom. The van der Waals surface area contributed by atoms with Crippen LogP contribution in [0.5, 0.6) is 0 Å². The molecule has 0 spiro atoms. The van der Waals surface area contributed by atoms with Crippen LogP contribution < -0.4 is 5.73 Å². The molecule has 6 nitrogen and oxygen atoms in total. The predicted octanol–water partition coefficient (Wildman–Crippen LogP) is 6.87. The fourth-order valence-corrected chi connectivity index (χ4v) is 8.18. The molecule has 0 fully saturated rings. The molecule has 1 aliphatic carbocycles. The summed E-state index contributed by atoms with van der Waals surface area (Å²) in [5.41, 5.74) is 13.0. The maximum Gasteiger partial charge on any atom is 0.342 e. The Kier molecular flexibility index (Phi) is 5.84. The molecule has 2 atom stereocenters. The molecule has 2 aliphatic heterocycles. The normalized spacial score (nSPS) is 22.0. The van der Waals surface area contributed by atoms with E-state index in [4.69, 9.17) is 32.1 Å². The molecule has 206 valence electrons. The minimum Gasteiger partial charge on any atom is -0.458 e. The van der Waals surface area contributed by atoms with Crippen LogP contribution in [0.2, 0.25) is 18.1 Å². The van der Waals surface area contributed by atoms with Gasteiger partial charge in [0.15, 0.2) is 13.9 Å². The van der Waals surface area contributed by atoms with Crippen LogP contribution in [0.25, 0.3) is 22.3 Å². The number of fused-ring (bicyclic) bond motifs is 5. The van der Waals surface area contributed by atoms with Crippen LogP contribution in [0.15, 0.2) is 12.1 Å². The topological polar surface area (TPSA) is 79.4 Å². The molecule has 0 saturated carbocycles. The Bertz CT molecular complexity index is 1660. The number of nitrogens with zero attached hydrogens (tertiary/aromatic N) is 2. The van der Waals surface area contributed by atoms with E-state index in [-0.39, 0.29) is 29.5 Å². The summed E-state index contributed by atoms with van der Waals surface area (Å²) in [6.07, 6.45) is 1.91. The van der Waals surface area contributed by atoms with Crippen LogP contribution in [0.4, 0.5) is 4.39 Å². The second-order valence-electron chi connectivity index (χ2n) is 12.8. The number of esters is 1. The fourth-order valence-electron chi connectivity index (χ4n) is 6.34. The van der Waals surface area contributed by atoms with Gasteiger partial charge in [0.2, 0.25) is 0 Å². The van der Waals surface area contributed by atoms with E-state index in [1.165, 1.54) is 6.07 Å². The minimum absolute atomic E-state index is 0.110. The van der Waals surface area contributed by atoms with Gasteiger partial charge in [-0.15, -0.1) is 0 Å². The fraction of sp³-hybridized carbons (Fsp3) is 0.500. The number of carbonyl (C=O) groups is 1. The lowest BCUT2D eigenvalue weighted by molar-refractivity contribution is -0.170. The largest absolute Gasteiger partial charge is 0.458 e. The molecule has 0 amide bonds. The van der Waals surface area contributed by atoms with Crippen molar-refractivity contribution in [2.45, 2.75) is 96.8 Å². The first kappa shape index (κ1) is 26.7. The number of pyridine rings is 2. The number of rotatable bonds is 3. The van der Waals surface area contributed by atoms with E-state index in [1.54, 1.807) is 0 Å². The van der Waals surface area contributed by atoms with Crippen molar-refractivity contribution in [3.63, 3.8) is 0 Å². The van der Waals surface area contributed by atoms with Crippen molar-refractivity contribution in [1.29, 1.82) is 0 Å². The van der Waals surface area contributed by atoms with E-state index < -0.39 is 13.9 Å². The van der Waals surface area contributed by atoms with Gasteiger partial charge < -0.3 is 19.5 Å². The molecular weight excluding hydrogens is 529 g/mol. The number of hydrogen-bond donors (Lipinski definition) is 1. The first-order chi connectivity index (χ1) is 18.2. The van der Waals surface area contributed by atoms with Gasteiger partial charge in [0.1, 0.15) is 17.1 Å². The van der Waals surface area contributed by atoms with Crippen molar-refractivity contribution in [3.8, 4) is 11.4 Å². The third kappa shape index (κ3) is 3.59. The second-order valence-corrected chi connectivity index (χ2v) is 17.9. The molecule has 0 saturated heterocycles. The van der Waals surface area contributed by atoms with E-state index in [0.717, 1.165) is 57.4 Å². The second kappa shape index (κ2) is 8.52. The van der Waals surface area contributed by atoms with E-state index in [1.807, 2.05) is 19.9 Å². The van der Waals surface area contributed by atoms with Crippen molar-refractivity contribution in [2.75, 3.05) is 0 Å². The van der Waals surface area contributed by atoms with Gasteiger partial charge in [-0.25, -0.2) is 14.2 Å². The quantitative estimate of drug-likeness (QED) is 0.166. The lowest BCUT2D eigenvalue weighted by Gasteiger charge is -2.46. The van der Waals surface area contributed by atoms with Gasteiger partial charge in [-0.3, -0.25) is 0 Å². The minimum atomic E-state index is -2.40. The lowest BCUT2D eigenvalue weighted by atomic mass is 9.82. The van der Waals surface area contributed by atoms with Crippen LogP contribution in [0, 0.1) is 17.4 Å². The summed E-state index contributed by atoms with van der Waals surface area (Å²) in [6, 6.07) is 3.39. The molecule has 2 aromatic heterocycles. The first-order valence-electron chi connectivity index (χ1n) is 13.8. The number of ether oxygens (including phenoxy) is 1. The van der Waals surface area contributed by atoms with E-state index in [0.29, 0.717) is 28.7 Å². The molecule has 3 aliphatic rings. The highest BCUT2D eigenvalue weighted by atomic mass is 32.1. The van der Waals surface area contributed by atoms with Crippen molar-refractivity contribution in [2.24, 2.45) is 5.73 Å². The predicted molar refractivity (Wildman–Crippen MR) is 155 cm³/mol. The van der Waals surface area contributed by atoms with Gasteiger partial charge in [0.05, 0.1) is 23.4 Å². The zero-order valence-electron chi connectivity index (χ0n) is 23.8. The Balaban J connectivity index is 1.63. The maximum atomic E-state index is 15.0. The number of aryl methyl sites for hydroxylation is 1. The first-order valence-corrected chi connectivity index (χ1v) is 17.1. The van der Waals surface area contributed by atoms with Gasteiger partial charge in [-0.05, 0) is 67.1 Å². The van der Waals surface area contributed by atoms with Gasteiger partial charge in [0.25, 0.3) is 0 Å². The highest BCUT2D eigenvalue weighted by Gasteiger charge is 2.53. The number of nitrogens with two attached hydrogens (primary N) is 1. The molecule has 39 heavy (non-hydrogen) atoms. The average molecular weight is 566 g/mol. The average Bonchev–Trinajstić information content (AvgIpc) is 3.23. The summed E-state index contributed by atoms with van der Waals surface area (Å²) in [6.45, 7) is 15.2. The Morgan fingerprint density at radius 2 is 2.00 bits per heavy atom. The number of aromatic nitrogens is 2. The van der Waals surface area contributed by atoms with E-state index in [2.05, 4.69) is 38.4 Å². The standard InChI is InChI=1S/C30H36FN3O3SSi/c1-8-30(37-39(6,7)29(3,4)5)19-11-23-26-17(13-34(23)27(38)18(19)14-36-28(30)35)24-21(32)10-9-16-15(2)20(31)12-22(33-26)25(16)24/h11-12,21H,8-10,13-14,32H2,1-7H3/t21-,30-/m0/s1. The molecule has 0 bridgehead atoms. The lowest BCUT2D eigenvalue weighted by Crippen LogP contribution is -2.54. The molecule has 0 unspecified atom stereocenters. The molecule has 2 N–H and O–H groups in total. The van der Waals surface area contributed by atoms with Gasteiger partial charge in [0, 0.05) is 34.2 Å². The van der Waals surface area contributed by atoms with Crippen LogP contribution in [-0.4, -0.2) is 23.8 Å². The van der Waals surface area contributed by atoms with Crippen LogP contribution >= 0.6 is 12.2 Å². The number of halogens is 1. The maximum absolute atomic E-state index is 15.0. The number of cyclic esters (lactones) is 1. The molecule has 0 radical (unpaired) electrons. The van der Waals surface area contributed by atoms with Crippen LogP contribution in [-0.2, 0) is 39.1 Å². The van der Waals surface area contributed by atoms with Crippen molar-refractivity contribution in [3.05, 3.63) is 56.0 Å². The van der Waals surface area contributed by atoms with Gasteiger partial charge >= 0.3 is 5.97 Å². The van der Waals surface area contributed by atoms with Crippen LogP contribution in [0.1, 0.15) is 80.0 Å². The number of hydrogen-bond acceptors (Lipinski definition) is 6. The summed E-state index contributed by atoms with van der Waals surface area (Å²) in [4.78, 5) is 18.6. The Hall–Kier alpha value is -2.46. The van der Waals surface area contributed by atoms with Gasteiger partial charge in [-0.2, -0.15) is 0 Å². The van der Waals surface area contributed by atoms with Gasteiger partial charge in [-0.1, -0.05) is 39.9 Å². The van der Waals surface area contributed by atoms with Crippen LogP contribution in [0.3, 0.4) is 0 Å². The summed E-state index contributed by atoms with van der Waals surface area (Å²) >= 11 is 6.06. The molecule has 9 heteroatoms. The molecule has 6 rings (SSSR count). The SMILES string of the molecule is CC[C@@]1(O[Si](C)(C)C(C)(C)C)C(=O)OCc2c1cc1n(c2=S)Cc2c-1nc1cc(F)c(C)c3c1c2[C@@H](N)CC3. The monoisotopic (exact) mass is 565 g/mol. The molecule has 3 aromatic rings. The zero-order valence-corrected chi connectivity index (χ0v) is 25.6. The molecular formula is C30H36FN3O3SSi. The smallest absolute Gasteiger partial charge is 0.342 e. The van der Waals surface area contributed by atoms with E-state index >= 15 is 0 Å². The summed E-state index contributed by atoms with van der Waals surface area (Å²) in [7, 11) is -2.40. The van der Waals surface area contributed by atoms with Crippen molar-refractivity contribution < 1.29 is 18.3 Å². The van der Waals surface area contributed by atoms with E-state index in [9.17, 15) is 9.18 Å². The number of benzene rings is 1. The summed E-state index contributed by atoms with van der Waals surface area (Å²) < 4.78 is 30.3. The molecule has 1 aromatic carbocycles. The Morgan fingerprint density at radius 1 is 1.28 bits per heavy atom. The van der Waals surface area contributed by atoms with Crippen molar-refractivity contribution in [1.82, 2.24) is 9.55 Å². The highest BCUT2D eigenvalue weighted by molar-refractivity contribution is 7.71. The summed E-state index contributed by atoms with van der Waals surface area (Å²) in [5.74, 6) is -0.618. The zero-order chi connectivity index (χ0) is 28.2. The number of carbonyl (C=O) groups excluding carboxylic acids is 1. The third-order valence-corrected chi connectivity index (χ3v) is 14.6. The highest BCUT2D eigenvalue weighted by Crippen LogP contribution is 2.49. The summed E-state index contributed by atoms with van der Waals surface area (Å²) in [5, 5.41) is 0.874. The molecule has 4 heterocycles.